The third-order valence-electron chi connectivity index (χ3n) is 4.66. The lowest BCUT2D eigenvalue weighted by Crippen LogP contribution is -2.10. The molecule has 2 N–H and O–H groups in total. The highest BCUT2D eigenvalue weighted by Gasteiger charge is 2.41. The Morgan fingerprint density at radius 3 is 2.96 bits per heavy atom. The van der Waals surface area contributed by atoms with Crippen LogP contribution in [0.25, 0.3) is 5.65 Å². The highest BCUT2D eigenvalue weighted by Crippen LogP contribution is 2.49. The third kappa shape index (κ3) is 3.23. The van der Waals surface area contributed by atoms with Crippen molar-refractivity contribution >= 4 is 11.4 Å². The maximum atomic E-state index is 6.36. The normalized spacial score (nSPS) is 20.1. The molecule has 1 saturated carbocycles. The van der Waals surface area contributed by atoms with Crippen molar-refractivity contribution < 1.29 is 4.74 Å². The first-order chi connectivity index (χ1) is 13.1. The smallest absolute Gasteiger partial charge is 0.232 e. The van der Waals surface area contributed by atoms with Gasteiger partial charge in [0, 0.05) is 30.8 Å². The van der Waals surface area contributed by atoms with Gasteiger partial charge in [-0.25, -0.2) is 4.98 Å². The van der Waals surface area contributed by atoms with Crippen LogP contribution in [0.3, 0.4) is 0 Å². The fraction of sp³-hybridized carbons (Fsp3) is 0.333. The van der Waals surface area contributed by atoms with Crippen molar-refractivity contribution in [3.05, 3.63) is 53.5 Å². The van der Waals surface area contributed by atoms with E-state index in [-0.39, 0.29) is 11.8 Å². The van der Waals surface area contributed by atoms with E-state index in [0.717, 1.165) is 23.6 Å². The summed E-state index contributed by atoms with van der Waals surface area (Å²) in [4.78, 5) is 13.0. The van der Waals surface area contributed by atoms with Gasteiger partial charge in [0.05, 0.1) is 24.7 Å². The molecule has 27 heavy (non-hydrogen) atoms. The van der Waals surface area contributed by atoms with E-state index in [1.807, 2.05) is 25.1 Å². The number of hydrogen-bond donors (Lipinski definition) is 1. The Balaban J connectivity index is 1.56. The molecule has 3 heterocycles. The number of allylic oxidation sites excluding steroid dienone is 2. The minimum absolute atomic E-state index is 0.212. The average Bonchev–Trinajstić information content (AvgIpc) is 3.43. The summed E-state index contributed by atoms with van der Waals surface area (Å²) < 4.78 is 6.84. The molecule has 2 unspecified atom stereocenters. The van der Waals surface area contributed by atoms with Gasteiger partial charge in [-0.05, 0) is 31.6 Å². The average molecular weight is 364 g/mol. The molecule has 0 aliphatic heterocycles. The summed E-state index contributed by atoms with van der Waals surface area (Å²) in [5.41, 5.74) is 10.1. The van der Waals surface area contributed by atoms with Crippen LogP contribution in [0.2, 0.25) is 0 Å². The number of aromatic nitrogens is 6. The Kier molecular flexibility index (Phi) is 4.27. The minimum Gasteiger partial charge on any atom is -0.480 e. The van der Waals surface area contributed by atoms with E-state index in [2.05, 4.69) is 30.3 Å². The maximum absolute atomic E-state index is 6.36. The molecule has 9 nitrogen and oxygen atoms in total. The van der Waals surface area contributed by atoms with E-state index in [4.69, 9.17) is 10.5 Å². The minimum atomic E-state index is 0.212. The molecule has 3 aromatic rings. The molecular weight excluding hydrogens is 344 g/mol. The summed E-state index contributed by atoms with van der Waals surface area (Å²) in [6, 6.07) is 3.73. The largest absolute Gasteiger partial charge is 0.480 e. The summed E-state index contributed by atoms with van der Waals surface area (Å²) in [6.07, 6.45) is 6.17. The SMILES string of the molecule is CN=C(/C=C(\N)C1CC1c1cncc(OC)n1)c1ccc2nnc(C)n2n1. The Bertz CT molecular complexity index is 1050. The molecule has 0 aromatic carbocycles. The van der Waals surface area contributed by atoms with Crippen molar-refractivity contribution in [1.82, 2.24) is 29.8 Å². The molecule has 0 spiro atoms. The number of ether oxygens (including phenoxy) is 1. The number of nitrogens with zero attached hydrogens (tertiary/aromatic N) is 7. The van der Waals surface area contributed by atoms with Crippen molar-refractivity contribution in [2.24, 2.45) is 16.6 Å². The quantitative estimate of drug-likeness (QED) is 0.678. The molecule has 0 saturated heterocycles. The van der Waals surface area contributed by atoms with Crippen LogP contribution in [0.1, 0.15) is 29.6 Å². The van der Waals surface area contributed by atoms with Gasteiger partial charge in [0.25, 0.3) is 0 Å². The molecule has 3 aromatic heterocycles. The number of nitrogens with two attached hydrogens (primary N) is 1. The molecule has 1 aliphatic carbocycles. The molecule has 9 heteroatoms. The molecule has 1 fully saturated rings. The Morgan fingerprint density at radius 1 is 1.33 bits per heavy atom. The van der Waals surface area contributed by atoms with Gasteiger partial charge in [-0.3, -0.25) is 9.98 Å². The van der Waals surface area contributed by atoms with Crippen LogP contribution in [-0.2, 0) is 0 Å². The number of rotatable bonds is 5. The van der Waals surface area contributed by atoms with Crippen LogP contribution < -0.4 is 10.5 Å². The number of aryl methyl sites for hydroxylation is 1. The highest BCUT2D eigenvalue weighted by molar-refractivity contribution is 6.07. The summed E-state index contributed by atoms with van der Waals surface area (Å²) in [5.74, 6) is 1.69. The first-order valence-electron chi connectivity index (χ1n) is 8.60. The molecule has 0 radical (unpaired) electrons. The zero-order valence-electron chi connectivity index (χ0n) is 15.4. The molecule has 2 atom stereocenters. The van der Waals surface area contributed by atoms with Gasteiger partial charge < -0.3 is 10.5 Å². The van der Waals surface area contributed by atoms with Gasteiger partial charge in [0.15, 0.2) is 11.5 Å². The predicted molar refractivity (Wildman–Crippen MR) is 99.7 cm³/mol. The lowest BCUT2D eigenvalue weighted by Gasteiger charge is -2.05. The monoisotopic (exact) mass is 364 g/mol. The Morgan fingerprint density at radius 2 is 2.19 bits per heavy atom. The lowest BCUT2D eigenvalue weighted by atomic mass is 10.1. The predicted octanol–water partition coefficient (Wildman–Crippen LogP) is 1.30. The summed E-state index contributed by atoms with van der Waals surface area (Å²) in [5, 5.41) is 12.6. The second-order valence-electron chi connectivity index (χ2n) is 6.42. The fourth-order valence-electron chi connectivity index (χ4n) is 3.08. The van der Waals surface area contributed by atoms with E-state index in [1.54, 1.807) is 31.1 Å². The second kappa shape index (κ2) is 6.75. The van der Waals surface area contributed by atoms with E-state index < -0.39 is 0 Å². The van der Waals surface area contributed by atoms with Gasteiger partial charge in [0.2, 0.25) is 5.88 Å². The molecule has 1 aliphatic rings. The molecule has 0 bridgehead atoms. The summed E-state index contributed by atoms with van der Waals surface area (Å²) in [6.45, 7) is 1.85. The molecule has 4 rings (SSSR count). The van der Waals surface area contributed by atoms with Crippen molar-refractivity contribution in [3.63, 3.8) is 0 Å². The van der Waals surface area contributed by atoms with E-state index in [1.165, 1.54) is 0 Å². The number of aliphatic imine (C=N–C) groups is 1. The Hall–Kier alpha value is -3.36. The van der Waals surface area contributed by atoms with Crippen LogP contribution >= 0.6 is 0 Å². The first-order valence-corrected chi connectivity index (χ1v) is 8.60. The first kappa shape index (κ1) is 17.1. The third-order valence-corrected chi connectivity index (χ3v) is 4.66. The zero-order valence-corrected chi connectivity index (χ0v) is 15.4. The van der Waals surface area contributed by atoms with Gasteiger partial charge in [-0.2, -0.15) is 9.61 Å². The van der Waals surface area contributed by atoms with Crippen LogP contribution in [0.15, 0.2) is 41.3 Å². The van der Waals surface area contributed by atoms with Gasteiger partial charge in [-0.1, -0.05) is 0 Å². The number of fused-ring (bicyclic) bond motifs is 1. The van der Waals surface area contributed by atoms with Crippen LogP contribution in [0, 0.1) is 12.8 Å². The van der Waals surface area contributed by atoms with Crippen molar-refractivity contribution in [2.45, 2.75) is 19.3 Å². The van der Waals surface area contributed by atoms with Crippen LogP contribution in [-0.4, -0.2) is 49.6 Å². The highest BCUT2D eigenvalue weighted by atomic mass is 16.5. The topological polar surface area (TPSA) is 116 Å². The van der Waals surface area contributed by atoms with Crippen LogP contribution in [0.4, 0.5) is 0 Å². The second-order valence-corrected chi connectivity index (χ2v) is 6.42. The fourth-order valence-corrected chi connectivity index (χ4v) is 3.08. The number of methoxy groups -OCH3 is 1. The van der Waals surface area contributed by atoms with Crippen molar-refractivity contribution in [2.75, 3.05) is 14.2 Å². The lowest BCUT2D eigenvalue weighted by molar-refractivity contribution is 0.393. The maximum Gasteiger partial charge on any atom is 0.232 e. The van der Waals surface area contributed by atoms with Crippen molar-refractivity contribution in [3.8, 4) is 5.88 Å². The van der Waals surface area contributed by atoms with E-state index in [9.17, 15) is 0 Å². The molecular formula is C18H20N8O. The zero-order chi connectivity index (χ0) is 19.0. The summed E-state index contributed by atoms with van der Waals surface area (Å²) in [7, 11) is 3.31. The molecule has 138 valence electrons. The van der Waals surface area contributed by atoms with E-state index >= 15 is 0 Å². The van der Waals surface area contributed by atoms with E-state index in [0.29, 0.717) is 22.9 Å². The van der Waals surface area contributed by atoms with Crippen LogP contribution in [0.5, 0.6) is 5.88 Å². The van der Waals surface area contributed by atoms with Crippen molar-refractivity contribution in [1.29, 1.82) is 0 Å². The van der Waals surface area contributed by atoms with Gasteiger partial charge in [-0.15, -0.1) is 10.2 Å². The molecule has 0 amide bonds. The van der Waals surface area contributed by atoms with Gasteiger partial charge >= 0.3 is 0 Å². The van der Waals surface area contributed by atoms with Gasteiger partial charge in [0.1, 0.15) is 5.69 Å². The Labute approximate surface area is 156 Å². The summed E-state index contributed by atoms with van der Waals surface area (Å²) >= 11 is 0. The number of hydrogen-bond acceptors (Lipinski definition) is 8. The standard InChI is InChI=1S/C18H20N8O/c1-10-23-24-17-5-4-14(25-26(10)17)15(20-2)7-13(19)11-6-12(11)16-8-21-9-18(22-16)27-3/h4-5,7-9,11-12H,6,19H2,1-3H3/b13-7-,20-15?.